The van der Waals surface area contributed by atoms with Crippen LogP contribution in [0.2, 0.25) is 0 Å². The van der Waals surface area contributed by atoms with Gasteiger partial charge in [0.15, 0.2) is 0 Å². The largest absolute Gasteiger partial charge is 0.508 e. The van der Waals surface area contributed by atoms with Gasteiger partial charge < -0.3 is 10.4 Å². The Balaban J connectivity index is 1.48. The number of phenols is 1. The van der Waals surface area contributed by atoms with E-state index in [-0.39, 0.29) is 0 Å². The maximum Gasteiger partial charge on any atom is 0.115 e. The van der Waals surface area contributed by atoms with Crippen molar-refractivity contribution in [2.75, 3.05) is 0 Å². The molecule has 1 aliphatic carbocycles. The van der Waals surface area contributed by atoms with E-state index in [9.17, 15) is 5.11 Å². The van der Waals surface area contributed by atoms with E-state index in [1.165, 1.54) is 36.8 Å². The highest BCUT2D eigenvalue weighted by Gasteiger charge is 2.21. The maximum absolute atomic E-state index is 9.36. The van der Waals surface area contributed by atoms with Crippen molar-refractivity contribution in [3.8, 4) is 5.75 Å². The Labute approximate surface area is 126 Å². The summed E-state index contributed by atoms with van der Waals surface area (Å²) in [6.07, 6.45) is 8.60. The smallest absolute Gasteiger partial charge is 0.115 e. The lowest BCUT2D eigenvalue weighted by Crippen LogP contribution is -2.32. The van der Waals surface area contributed by atoms with Crippen LogP contribution in [0, 0.1) is 0 Å². The Morgan fingerprint density at radius 3 is 2.48 bits per heavy atom. The van der Waals surface area contributed by atoms with E-state index in [4.69, 9.17) is 0 Å². The first-order valence-electron chi connectivity index (χ1n) is 7.72. The van der Waals surface area contributed by atoms with Gasteiger partial charge >= 0.3 is 0 Å². The highest BCUT2D eigenvalue weighted by atomic mass is 16.3. The average Bonchev–Trinajstić information content (AvgIpc) is 2.55. The third-order valence-corrected chi connectivity index (χ3v) is 4.41. The van der Waals surface area contributed by atoms with Gasteiger partial charge in [0.1, 0.15) is 5.75 Å². The molecule has 2 N–H and O–H groups in total. The summed E-state index contributed by atoms with van der Waals surface area (Å²) in [4.78, 5) is 4.15. The fourth-order valence-corrected chi connectivity index (χ4v) is 3.14. The monoisotopic (exact) mass is 282 g/mol. The van der Waals surface area contributed by atoms with E-state index in [0.29, 0.717) is 17.7 Å². The van der Waals surface area contributed by atoms with Crippen LogP contribution >= 0.6 is 0 Å². The van der Waals surface area contributed by atoms with E-state index < -0.39 is 0 Å². The number of aromatic hydroxyl groups is 1. The minimum atomic E-state index is 0.352. The Hall–Kier alpha value is -1.87. The predicted octanol–water partition coefficient (Wildman–Crippen LogP) is 3.60. The zero-order chi connectivity index (χ0) is 14.5. The van der Waals surface area contributed by atoms with Gasteiger partial charge in [0.25, 0.3) is 0 Å². The van der Waals surface area contributed by atoms with Crippen molar-refractivity contribution < 1.29 is 5.11 Å². The molecule has 1 saturated carbocycles. The molecule has 1 aliphatic rings. The summed E-state index contributed by atoms with van der Waals surface area (Å²) in [6.45, 7) is 0.905. The number of phenolic OH excluding ortho intramolecular Hbond substituents is 1. The molecule has 1 aromatic carbocycles. The molecular formula is C18H22N2O. The topological polar surface area (TPSA) is 45.1 Å². The van der Waals surface area contributed by atoms with E-state index in [2.05, 4.69) is 28.5 Å². The molecule has 0 radical (unpaired) electrons. The number of nitrogens with zero attached hydrogens (tertiary/aromatic N) is 1. The third kappa shape index (κ3) is 3.82. The maximum atomic E-state index is 9.36. The molecule has 0 atom stereocenters. The fourth-order valence-electron chi connectivity index (χ4n) is 3.14. The van der Waals surface area contributed by atoms with E-state index in [0.717, 1.165) is 6.54 Å². The van der Waals surface area contributed by atoms with Crippen LogP contribution < -0.4 is 5.32 Å². The molecule has 1 heterocycles. The fraction of sp³-hybridized carbons (Fsp3) is 0.389. The Bertz CT molecular complexity index is 545. The molecule has 0 amide bonds. The molecule has 0 spiro atoms. The van der Waals surface area contributed by atoms with Crippen LogP contribution in [0.4, 0.5) is 0 Å². The minimum absolute atomic E-state index is 0.352. The zero-order valence-electron chi connectivity index (χ0n) is 12.2. The van der Waals surface area contributed by atoms with Gasteiger partial charge in [0.05, 0.1) is 0 Å². The van der Waals surface area contributed by atoms with E-state index >= 15 is 0 Å². The average molecular weight is 282 g/mol. The molecule has 3 nitrogen and oxygen atoms in total. The van der Waals surface area contributed by atoms with Crippen LogP contribution in [0.15, 0.2) is 48.8 Å². The molecule has 0 unspecified atom stereocenters. The van der Waals surface area contributed by atoms with Crippen LogP contribution in [0.3, 0.4) is 0 Å². The summed E-state index contributed by atoms with van der Waals surface area (Å²) < 4.78 is 0. The second-order valence-corrected chi connectivity index (χ2v) is 5.88. The van der Waals surface area contributed by atoms with Gasteiger partial charge in [-0.3, -0.25) is 4.98 Å². The quantitative estimate of drug-likeness (QED) is 0.900. The van der Waals surface area contributed by atoms with E-state index in [1.807, 2.05) is 18.5 Å². The predicted molar refractivity (Wildman–Crippen MR) is 84.2 cm³/mol. The summed E-state index contributed by atoms with van der Waals surface area (Å²) in [7, 11) is 0. The molecule has 110 valence electrons. The van der Waals surface area contributed by atoms with Crippen molar-refractivity contribution in [2.45, 2.75) is 44.2 Å². The number of aromatic nitrogens is 1. The third-order valence-electron chi connectivity index (χ3n) is 4.41. The summed E-state index contributed by atoms with van der Waals surface area (Å²) >= 11 is 0. The number of rotatable bonds is 4. The molecule has 2 aromatic rings. The van der Waals surface area contributed by atoms with Crippen molar-refractivity contribution in [1.82, 2.24) is 10.3 Å². The summed E-state index contributed by atoms with van der Waals surface area (Å²) in [6, 6.07) is 12.4. The molecule has 21 heavy (non-hydrogen) atoms. The Kier molecular flexibility index (Phi) is 4.51. The number of pyridine rings is 1. The highest BCUT2D eigenvalue weighted by molar-refractivity contribution is 5.28. The number of nitrogens with one attached hydrogen (secondary N) is 1. The summed E-state index contributed by atoms with van der Waals surface area (Å²) in [5.41, 5.74) is 2.61. The van der Waals surface area contributed by atoms with Crippen molar-refractivity contribution in [2.24, 2.45) is 0 Å². The standard InChI is InChI=1S/C18H22N2O/c21-18-9-5-16(6-10-18)15-3-7-17(8-4-15)20-13-14-2-1-11-19-12-14/h1-2,5-6,9-12,15,17,20-21H,3-4,7-8,13H2/t15-,17-. The molecule has 0 bridgehead atoms. The second-order valence-electron chi connectivity index (χ2n) is 5.88. The highest BCUT2D eigenvalue weighted by Crippen LogP contribution is 2.33. The molecule has 1 aromatic heterocycles. The Morgan fingerprint density at radius 2 is 1.81 bits per heavy atom. The normalized spacial score (nSPS) is 22.1. The molecule has 0 saturated heterocycles. The zero-order valence-corrected chi connectivity index (χ0v) is 12.2. The van der Waals surface area contributed by atoms with Gasteiger partial charge in [-0.25, -0.2) is 0 Å². The first-order chi connectivity index (χ1) is 10.3. The minimum Gasteiger partial charge on any atom is -0.508 e. The van der Waals surface area contributed by atoms with Crippen LogP contribution in [-0.2, 0) is 6.54 Å². The molecule has 3 heteroatoms. The van der Waals surface area contributed by atoms with Crippen LogP contribution in [0.5, 0.6) is 5.75 Å². The summed E-state index contributed by atoms with van der Waals surface area (Å²) in [5.74, 6) is 0.993. The van der Waals surface area contributed by atoms with Crippen molar-refractivity contribution in [3.63, 3.8) is 0 Å². The van der Waals surface area contributed by atoms with Crippen LogP contribution in [-0.4, -0.2) is 16.1 Å². The number of benzene rings is 1. The lowest BCUT2D eigenvalue weighted by Gasteiger charge is -2.29. The first-order valence-corrected chi connectivity index (χ1v) is 7.72. The van der Waals surface area contributed by atoms with Gasteiger partial charge in [-0.05, 0) is 60.9 Å². The number of hydrogen-bond donors (Lipinski definition) is 2. The molecule has 3 rings (SSSR count). The Morgan fingerprint density at radius 1 is 1.05 bits per heavy atom. The molecule has 1 fully saturated rings. The van der Waals surface area contributed by atoms with Crippen LogP contribution in [0.1, 0.15) is 42.7 Å². The molecular weight excluding hydrogens is 260 g/mol. The molecule has 0 aliphatic heterocycles. The lowest BCUT2D eigenvalue weighted by molar-refractivity contribution is 0.341. The summed E-state index contributed by atoms with van der Waals surface area (Å²) in [5, 5.41) is 13.0. The number of hydrogen-bond acceptors (Lipinski definition) is 3. The SMILES string of the molecule is Oc1ccc([C@H]2CC[C@H](NCc3cccnc3)CC2)cc1. The van der Waals surface area contributed by atoms with Gasteiger partial charge in [-0.2, -0.15) is 0 Å². The van der Waals surface area contributed by atoms with Crippen molar-refractivity contribution in [3.05, 3.63) is 59.9 Å². The van der Waals surface area contributed by atoms with Crippen molar-refractivity contribution in [1.29, 1.82) is 0 Å². The van der Waals surface area contributed by atoms with Crippen LogP contribution in [0.25, 0.3) is 0 Å². The van der Waals surface area contributed by atoms with E-state index in [1.54, 1.807) is 12.1 Å². The van der Waals surface area contributed by atoms with Gasteiger partial charge in [0, 0.05) is 25.0 Å². The second kappa shape index (κ2) is 6.72. The van der Waals surface area contributed by atoms with Gasteiger partial charge in [0.2, 0.25) is 0 Å². The first kappa shape index (κ1) is 14.1. The lowest BCUT2D eigenvalue weighted by atomic mass is 9.81. The van der Waals surface area contributed by atoms with Crippen molar-refractivity contribution >= 4 is 0 Å². The van der Waals surface area contributed by atoms with Gasteiger partial charge in [-0.15, -0.1) is 0 Å². The van der Waals surface area contributed by atoms with Gasteiger partial charge in [-0.1, -0.05) is 18.2 Å².